The molecule has 0 radical (unpaired) electrons. The van der Waals surface area contributed by atoms with Crippen molar-refractivity contribution in [1.82, 2.24) is 9.88 Å². The zero-order chi connectivity index (χ0) is 13.8. The van der Waals surface area contributed by atoms with Gasteiger partial charge in [-0.1, -0.05) is 0 Å². The van der Waals surface area contributed by atoms with Crippen LogP contribution >= 0.6 is 0 Å². The lowest BCUT2D eigenvalue weighted by molar-refractivity contribution is -0.131. The SMILES string of the molecule is CC1CCCN1C(=O)c1cncc(C=CC(=O)O)c1. The lowest BCUT2D eigenvalue weighted by Crippen LogP contribution is -2.33. The van der Waals surface area contributed by atoms with Gasteiger partial charge in [-0.25, -0.2) is 4.79 Å². The van der Waals surface area contributed by atoms with E-state index in [-0.39, 0.29) is 11.9 Å². The van der Waals surface area contributed by atoms with E-state index in [0.29, 0.717) is 11.1 Å². The van der Waals surface area contributed by atoms with Crippen LogP contribution in [0.15, 0.2) is 24.5 Å². The summed E-state index contributed by atoms with van der Waals surface area (Å²) >= 11 is 0. The number of carboxylic acid groups (broad SMARTS) is 1. The molecule has 0 spiro atoms. The summed E-state index contributed by atoms with van der Waals surface area (Å²) in [6.07, 6.45) is 7.56. The number of rotatable bonds is 3. The van der Waals surface area contributed by atoms with Crippen molar-refractivity contribution in [2.45, 2.75) is 25.8 Å². The van der Waals surface area contributed by atoms with E-state index in [1.807, 2.05) is 11.8 Å². The fourth-order valence-electron chi connectivity index (χ4n) is 2.23. The van der Waals surface area contributed by atoms with Crippen molar-refractivity contribution < 1.29 is 14.7 Å². The Morgan fingerprint density at radius 3 is 2.89 bits per heavy atom. The Morgan fingerprint density at radius 1 is 1.47 bits per heavy atom. The van der Waals surface area contributed by atoms with Gasteiger partial charge >= 0.3 is 5.97 Å². The highest BCUT2D eigenvalue weighted by Gasteiger charge is 2.26. The van der Waals surface area contributed by atoms with Gasteiger partial charge < -0.3 is 10.0 Å². The second-order valence-corrected chi connectivity index (χ2v) is 4.67. The molecule has 1 unspecified atom stereocenters. The molecule has 0 aliphatic carbocycles. The Labute approximate surface area is 111 Å². The van der Waals surface area contributed by atoms with Crippen molar-refractivity contribution >= 4 is 18.0 Å². The second-order valence-electron chi connectivity index (χ2n) is 4.67. The van der Waals surface area contributed by atoms with Crippen LogP contribution in [0.25, 0.3) is 6.08 Å². The molecular formula is C14H16N2O3. The van der Waals surface area contributed by atoms with Crippen LogP contribution in [0.3, 0.4) is 0 Å². The molecule has 19 heavy (non-hydrogen) atoms. The number of hydrogen-bond acceptors (Lipinski definition) is 3. The fraction of sp³-hybridized carbons (Fsp3) is 0.357. The molecule has 5 heteroatoms. The van der Waals surface area contributed by atoms with Crippen LogP contribution in [0.4, 0.5) is 0 Å². The Balaban J connectivity index is 2.18. The first-order valence-electron chi connectivity index (χ1n) is 6.25. The van der Waals surface area contributed by atoms with Gasteiger partial charge in [0.15, 0.2) is 0 Å². The van der Waals surface area contributed by atoms with E-state index in [0.717, 1.165) is 25.5 Å². The van der Waals surface area contributed by atoms with Crippen LogP contribution in [-0.4, -0.2) is 39.5 Å². The average molecular weight is 260 g/mol. The van der Waals surface area contributed by atoms with Crippen LogP contribution < -0.4 is 0 Å². The number of carbonyl (C=O) groups is 2. The van der Waals surface area contributed by atoms with Gasteiger partial charge in [-0.15, -0.1) is 0 Å². The van der Waals surface area contributed by atoms with E-state index in [9.17, 15) is 9.59 Å². The molecule has 1 aromatic heterocycles. The summed E-state index contributed by atoms with van der Waals surface area (Å²) in [4.78, 5) is 28.6. The summed E-state index contributed by atoms with van der Waals surface area (Å²) in [5.74, 6) is -1.06. The van der Waals surface area contributed by atoms with Crippen molar-refractivity contribution in [2.24, 2.45) is 0 Å². The van der Waals surface area contributed by atoms with Gasteiger partial charge in [0.05, 0.1) is 5.56 Å². The third kappa shape index (κ3) is 3.19. The molecular weight excluding hydrogens is 244 g/mol. The first-order chi connectivity index (χ1) is 9.08. The van der Waals surface area contributed by atoms with Gasteiger partial charge in [0, 0.05) is 31.1 Å². The number of nitrogens with zero attached hydrogens (tertiary/aromatic N) is 2. The lowest BCUT2D eigenvalue weighted by Gasteiger charge is -2.21. The summed E-state index contributed by atoms with van der Waals surface area (Å²) in [7, 11) is 0. The van der Waals surface area contributed by atoms with E-state index in [1.54, 1.807) is 6.07 Å². The normalized spacial score (nSPS) is 19.0. The van der Waals surface area contributed by atoms with Crippen LogP contribution in [0.2, 0.25) is 0 Å². The number of likely N-dealkylation sites (tertiary alicyclic amines) is 1. The van der Waals surface area contributed by atoms with E-state index < -0.39 is 5.97 Å². The summed E-state index contributed by atoms with van der Waals surface area (Å²) in [5, 5.41) is 8.58. The number of carbonyl (C=O) groups excluding carboxylic acids is 1. The van der Waals surface area contributed by atoms with Crippen molar-refractivity contribution in [1.29, 1.82) is 0 Å². The van der Waals surface area contributed by atoms with Crippen LogP contribution in [0.1, 0.15) is 35.7 Å². The Morgan fingerprint density at radius 2 is 2.26 bits per heavy atom. The molecule has 1 saturated heterocycles. The van der Waals surface area contributed by atoms with Crippen LogP contribution in [-0.2, 0) is 4.79 Å². The molecule has 1 atom stereocenters. The summed E-state index contributed by atoms with van der Waals surface area (Å²) in [6, 6.07) is 1.92. The number of carboxylic acids is 1. The van der Waals surface area contributed by atoms with Gasteiger partial charge in [-0.05, 0) is 37.5 Å². The minimum absolute atomic E-state index is 0.0388. The smallest absolute Gasteiger partial charge is 0.328 e. The van der Waals surface area contributed by atoms with Crippen LogP contribution in [0, 0.1) is 0 Å². The minimum Gasteiger partial charge on any atom is -0.478 e. The number of aliphatic carboxylic acids is 1. The molecule has 1 N–H and O–H groups in total. The highest BCUT2D eigenvalue weighted by molar-refractivity contribution is 5.95. The van der Waals surface area contributed by atoms with Crippen molar-refractivity contribution in [3.05, 3.63) is 35.7 Å². The van der Waals surface area contributed by atoms with Gasteiger partial charge in [-0.3, -0.25) is 9.78 Å². The lowest BCUT2D eigenvalue weighted by atomic mass is 10.1. The maximum Gasteiger partial charge on any atom is 0.328 e. The van der Waals surface area contributed by atoms with Crippen molar-refractivity contribution in [3.8, 4) is 0 Å². The first-order valence-corrected chi connectivity index (χ1v) is 6.25. The molecule has 0 aromatic carbocycles. The molecule has 1 aliphatic heterocycles. The number of amides is 1. The largest absolute Gasteiger partial charge is 0.478 e. The Kier molecular flexibility index (Phi) is 3.94. The fourth-order valence-corrected chi connectivity index (χ4v) is 2.23. The second kappa shape index (κ2) is 5.65. The standard InChI is InChI=1S/C14H16N2O3/c1-10-3-2-6-16(10)14(19)12-7-11(8-15-9-12)4-5-13(17)18/h4-5,7-10H,2-3,6H2,1H3,(H,17,18). The molecule has 0 saturated carbocycles. The number of aromatic nitrogens is 1. The number of hydrogen-bond donors (Lipinski definition) is 1. The third-order valence-corrected chi connectivity index (χ3v) is 3.24. The predicted octanol–water partition coefficient (Wildman–Crippen LogP) is 1.80. The van der Waals surface area contributed by atoms with Gasteiger partial charge in [0.2, 0.25) is 0 Å². The van der Waals surface area contributed by atoms with Crippen molar-refractivity contribution in [2.75, 3.05) is 6.54 Å². The third-order valence-electron chi connectivity index (χ3n) is 3.24. The molecule has 1 aromatic rings. The molecule has 1 fully saturated rings. The van der Waals surface area contributed by atoms with E-state index in [4.69, 9.17) is 5.11 Å². The van der Waals surface area contributed by atoms with Gasteiger partial charge in [-0.2, -0.15) is 0 Å². The summed E-state index contributed by atoms with van der Waals surface area (Å²) in [6.45, 7) is 2.81. The van der Waals surface area contributed by atoms with E-state index in [2.05, 4.69) is 4.98 Å². The zero-order valence-electron chi connectivity index (χ0n) is 10.7. The summed E-state index contributed by atoms with van der Waals surface area (Å²) in [5.41, 5.74) is 1.11. The van der Waals surface area contributed by atoms with E-state index >= 15 is 0 Å². The molecule has 1 aliphatic rings. The first kappa shape index (κ1) is 13.3. The molecule has 0 bridgehead atoms. The maximum absolute atomic E-state index is 12.3. The van der Waals surface area contributed by atoms with E-state index in [1.165, 1.54) is 18.5 Å². The van der Waals surface area contributed by atoms with Crippen LogP contribution in [0.5, 0.6) is 0 Å². The van der Waals surface area contributed by atoms with Gasteiger partial charge in [0.1, 0.15) is 0 Å². The molecule has 2 heterocycles. The Hall–Kier alpha value is -2.17. The highest BCUT2D eigenvalue weighted by atomic mass is 16.4. The molecule has 1 amide bonds. The topological polar surface area (TPSA) is 70.5 Å². The van der Waals surface area contributed by atoms with Crippen molar-refractivity contribution in [3.63, 3.8) is 0 Å². The molecule has 5 nitrogen and oxygen atoms in total. The molecule has 2 rings (SSSR count). The average Bonchev–Trinajstić information content (AvgIpc) is 2.82. The summed E-state index contributed by atoms with van der Waals surface area (Å²) < 4.78 is 0. The molecule has 100 valence electrons. The highest BCUT2D eigenvalue weighted by Crippen LogP contribution is 2.19. The van der Waals surface area contributed by atoms with Gasteiger partial charge in [0.25, 0.3) is 5.91 Å². The quantitative estimate of drug-likeness (QED) is 0.841. The minimum atomic E-state index is -1.02. The predicted molar refractivity (Wildman–Crippen MR) is 70.6 cm³/mol. The monoisotopic (exact) mass is 260 g/mol. The Bertz CT molecular complexity index is 525. The zero-order valence-corrected chi connectivity index (χ0v) is 10.7. The number of pyridine rings is 1. The maximum atomic E-state index is 12.3.